The first kappa shape index (κ1) is 14.4. The minimum Gasteiger partial charge on any atom is -0.478 e. The number of amides is 1. The molecule has 2 heterocycles. The molecule has 2 aliphatic rings. The van der Waals surface area contributed by atoms with Gasteiger partial charge < -0.3 is 15.0 Å². The number of benzene rings is 1. The highest BCUT2D eigenvalue weighted by molar-refractivity contribution is 5.99. The molecule has 1 aromatic carbocycles. The number of carbonyl (C=O) groups excluding carboxylic acids is 1. The number of nitrogens with zero attached hydrogens (tertiary/aromatic N) is 1. The zero-order valence-corrected chi connectivity index (χ0v) is 12.9. The van der Waals surface area contributed by atoms with Crippen LogP contribution in [0.15, 0.2) is 18.2 Å². The fourth-order valence-corrected chi connectivity index (χ4v) is 3.27. The van der Waals surface area contributed by atoms with Gasteiger partial charge in [-0.05, 0) is 62.4 Å². The van der Waals surface area contributed by atoms with Crippen molar-refractivity contribution in [2.45, 2.75) is 38.7 Å². The third kappa shape index (κ3) is 2.91. The minimum atomic E-state index is -0.335. The maximum atomic E-state index is 12.2. The summed E-state index contributed by atoms with van der Waals surface area (Å²) in [4.78, 5) is 14.0. The van der Waals surface area contributed by atoms with E-state index >= 15 is 0 Å². The lowest BCUT2D eigenvalue weighted by Gasteiger charge is -2.32. The van der Waals surface area contributed by atoms with Crippen molar-refractivity contribution in [1.82, 2.24) is 5.32 Å². The summed E-state index contributed by atoms with van der Waals surface area (Å²) in [5.41, 5.74) is 2.22. The van der Waals surface area contributed by atoms with Gasteiger partial charge in [0.2, 0.25) is 0 Å². The molecule has 0 aromatic heterocycles. The summed E-state index contributed by atoms with van der Waals surface area (Å²) in [7, 11) is 1.85. The smallest absolute Gasteiger partial charge is 0.267 e. The molecule has 21 heavy (non-hydrogen) atoms. The van der Waals surface area contributed by atoms with Crippen LogP contribution in [0.25, 0.3) is 0 Å². The van der Waals surface area contributed by atoms with Crippen LogP contribution in [0.1, 0.15) is 31.7 Å². The van der Waals surface area contributed by atoms with Gasteiger partial charge in [0.15, 0.2) is 6.10 Å². The molecule has 0 saturated carbocycles. The van der Waals surface area contributed by atoms with E-state index in [2.05, 4.69) is 17.4 Å². The minimum absolute atomic E-state index is 0.0593. The Balaban J connectivity index is 1.79. The van der Waals surface area contributed by atoms with Crippen LogP contribution in [0.3, 0.4) is 0 Å². The predicted molar refractivity (Wildman–Crippen MR) is 83.9 cm³/mol. The Bertz CT molecular complexity index is 524. The van der Waals surface area contributed by atoms with Crippen LogP contribution >= 0.6 is 0 Å². The van der Waals surface area contributed by atoms with E-state index in [0.717, 1.165) is 36.9 Å². The van der Waals surface area contributed by atoms with Gasteiger partial charge in [-0.2, -0.15) is 0 Å². The van der Waals surface area contributed by atoms with E-state index in [1.54, 1.807) is 4.90 Å². The first-order valence-corrected chi connectivity index (χ1v) is 7.97. The van der Waals surface area contributed by atoms with Crippen molar-refractivity contribution in [3.8, 4) is 5.75 Å². The normalized spacial score (nSPS) is 22.9. The number of carbonyl (C=O) groups is 1. The SMILES string of the molecule is CCC1Oc2ccc(CC3CCNCC3)cc2N(C)C1=O. The molecule has 1 atom stereocenters. The standard InChI is InChI=1S/C17H24N2O2/c1-3-15-17(20)19(2)14-11-13(4-5-16(14)21-15)10-12-6-8-18-9-7-12/h4-5,11-12,15,18H,3,6-10H2,1-2H3. The molecule has 3 rings (SSSR count). The Morgan fingerprint density at radius 2 is 2.10 bits per heavy atom. The number of hydrogen-bond acceptors (Lipinski definition) is 3. The van der Waals surface area contributed by atoms with Gasteiger partial charge >= 0.3 is 0 Å². The number of anilines is 1. The van der Waals surface area contributed by atoms with Gasteiger partial charge in [-0.25, -0.2) is 0 Å². The van der Waals surface area contributed by atoms with Gasteiger partial charge in [0, 0.05) is 7.05 Å². The van der Waals surface area contributed by atoms with Gasteiger partial charge in [0.05, 0.1) is 5.69 Å². The molecule has 1 unspecified atom stereocenters. The van der Waals surface area contributed by atoms with Crippen LogP contribution in [0, 0.1) is 5.92 Å². The van der Waals surface area contributed by atoms with Crippen LogP contribution < -0.4 is 15.0 Å². The summed E-state index contributed by atoms with van der Waals surface area (Å²) in [6, 6.07) is 6.30. The van der Waals surface area contributed by atoms with Crippen LogP contribution in [0.2, 0.25) is 0 Å². The highest BCUT2D eigenvalue weighted by atomic mass is 16.5. The average Bonchev–Trinajstić information content (AvgIpc) is 2.52. The monoisotopic (exact) mass is 288 g/mol. The second kappa shape index (κ2) is 6.06. The number of hydrogen-bond donors (Lipinski definition) is 1. The summed E-state index contributed by atoms with van der Waals surface area (Å²) in [5.74, 6) is 1.64. The number of likely N-dealkylation sites (N-methyl/N-ethyl adjacent to an activating group) is 1. The van der Waals surface area contributed by atoms with E-state index in [1.165, 1.54) is 18.4 Å². The summed E-state index contributed by atoms with van der Waals surface area (Å²) in [6.07, 6.45) is 3.94. The van der Waals surface area contributed by atoms with Crippen molar-refractivity contribution in [3.63, 3.8) is 0 Å². The van der Waals surface area contributed by atoms with E-state index in [1.807, 2.05) is 20.0 Å². The van der Waals surface area contributed by atoms with Crippen molar-refractivity contribution in [1.29, 1.82) is 0 Å². The second-order valence-electron chi connectivity index (χ2n) is 6.11. The molecule has 4 nitrogen and oxygen atoms in total. The number of ether oxygens (including phenoxy) is 1. The summed E-state index contributed by atoms with van der Waals surface area (Å²) in [6.45, 7) is 4.22. The van der Waals surface area contributed by atoms with Crippen molar-refractivity contribution < 1.29 is 9.53 Å². The number of piperidine rings is 1. The average molecular weight is 288 g/mol. The predicted octanol–water partition coefficient (Wildman–Crippen LogP) is 2.36. The molecule has 0 spiro atoms. The lowest BCUT2D eigenvalue weighted by molar-refractivity contribution is -0.126. The highest BCUT2D eigenvalue weighted by Crippen LogP contribution is 2.35. The molecule has 114 valence electrons. The van der Waals surface area contributed by atoms with Gasteiger partial charge in [0.25, 0.3) is 5.91 Å². The van der Waals surface area contributed by atoms with Crippen molar-refractivity contribution in [2.75, 3.05) is 25.0 Å². The van der Waals surface area contributed by atoms with Crippen molar-refractivity contribution in [3.05, 3.63) is 23.8 Å². The van der Waals surface area contributed by atoms with Gasteiger partial charge in [-0.3, -0.25) is 4.79 Å². The van der Waals surface area contributed by atoms with Gasteiger partial charge in [0.1, 0.15) is 5.75 Å². The van der Waals surface area contributed by atoms with Crippen molar-refractivity contribution >= 4 is 11.6 Å². The molecule has 1 saturated heterocycles. The molecule has 2 aliphatic heterocycles. The topological polar surface area (TPSA) is 41.6 Å². The van der Waals surface area contributed by atoms with Gasteiger partial charge in [-0.1, -0.05) is 13.0 Å². The van der Waals surface area contributed by atoms with E-state index in [0.29, 0.717) is 6.42 Å². The Morgan fingerprint density at radius 1 is 1.33 bits per heavy atom. The zero-order valence-electron chi connectivity index (χ0n) is 12.9. The lowest BCUT2D eigenvalue weighted by Crippen LogP contribution is -2.43. The molecule has 1 fully saturated rings. The van der Waals surface area contributed by atoms with Gasteiger partial charge in [-0.15, -0.1) is 0 Å². The van der Waals surface area contributed by atoms with Crippen LogP contribution in [-0.4, -0.2) is 32.1 Å². The second-order valence-corrected chi connectivity index (χ2v) is 6.11. The molecule has 1 aromatic rings. The molecule has 1 amide bonds. The maximum Gasteiger partial charge on any atom is 0.267 e. The van der Waals surface area contributed by atoms with E-state index < -0.39 is 0 Å². The van der Waals surface area contributed by atoms with Crippen LogP contribution in [0.4, 0.5) is 5.69 Å². The Hall–Kier alpha value is -1.55. The summed E-state index contributed by atoms with van der Waals surface area (Å²) < 4.78 is 5.81. The highest BCUT2D eigenvalue weighted by Gasteiger charge is 2.31. The Morgan fingerprint density at radius 3 is 2.81 bits per heavy atom. The van der Waals surface area contributed by atoms with E-state index in [4.69, 9.17) is 4.74 Å². The lowest BCUT2D eigenvalue weighted by atomic mass is 9.90. The molecule has 0 aliphatic carbocycles. The van der Waals surface area contributed by atoms with E-state index in [9.17, 15) is 4.79 Å². The molecular weight excluding hydrogens is 264 g/mol. The first-order valence-electron chi connectivity index (χ1n) is 7.97. The number of rotatable bonds is 3. The Labute approximate surface area is 126 Å². The third-order valence-electron chi connectivity index (χ3n) is 4.61. The van der Waals surface area contributed by atoms with E-state index in [-0.39, 0.29) is 12.0 Å². The molecular formula is C17H24N2O2. The number of fused-ring (bicyclic) bond motifs is 1. The number of nitrogens with one attached hydrogen (secondary N) is 1. The molecule has 0 radical (unpaired) electrons. The fraction of sp³-hybridized carbons (Fsp3) is 0.588. The largest absolute Gasteiger partial charge is 0.478 e. The fourth-order valence-electron chi connectivity index (χ4n) is 3.27. The van der Waals surface area contributed by atoms with Crippen LogP contribution in [0.5, 0.6) is 5.75 Å². The van der Waals surface area contributed by atoms with Crippen molar-refractivity contribution in [2.24, 2.45) is 5.92 Å². The zero-order chi connectivity index (χ0) is 14.8. The third-order valence-corrected chi connectivity index (χ3v) is 4.61. The summed E-state index contributed by atoms with van der Waals surface area (Å²) in [5, 5.41) is 3.40. The Kier molecular flexibility index (Phi) is 4.15. The summed E-state index contributed by atoms with van der Waals surface area (Å²) >= 11 is 0. The maximum absolute atomic E-state index is 12.2. The molecule has 0 bridgehead atoms. The first-order chi connectivity index (χ1) is 10.2. The molecule has 4 heteroatoms. The quantitative estimate of drug-likeness (QED) is 0.928. The molecule has 1 N–H and O–H groups in total. The van der Waals surface area contributed by atoms with Crippen LogP contribution in [-0.2, 0) is 11.2 Å².